The lowest BCUT2D eigenvalue weighted by Crippen LogP contribution is -2.35. The molecule has 0 aromatic carbocycles. The largest absolute Gasteiger partial charge is 0.352 e. The maximum atomic E-state index is 11.4. The number of rotatable bonds is 1. The highest BCUT2D eigenvalue weighted by atomic mass is 32.1. The van der Waals surface area contributed by atoms with Gasteiger partial charge < -0.3 is 11.1 Å². The average Bonchev–Trinajstić information content (AvgIpc) is 2.58. The van der Waals surface area contributed by atoms with Gasteiger partial charge in [0.2, 0.25) is 0 Å². The summed E-state index contributed by atoms with van der Waals surface area (Å²) in [5, 5.41) is 4.50. The summed E-state index contributed by atoms with van der Waals surface area (Å²) in [5.74, 6) is 0.164. The van der Waals surface area contributed by atoms with E-state index in [1.54, 1.807) is 0 Å². The van der Waals surface area contributed by atoms with Crippen LogP contribution < -0.4 is 11.1 Å². The molecule has 0 radical (unpaired) electrons. The third-order valence-corrected chi connectivity index (χ3v) is 3.27. The molecular formula is C9H10N2O2S. The Hall–Kier alpha value is -1.36. The van der Waals surface area contributed by atoms with E-state index in [0.717, 1.165) is 10.4 Å². The molecule has 0 aliphatic heterocycles. The Morgan fingerprint density at radius 2 is 2.43 bits per heavy atom. The quantitative estimate of drug-likeness (QED) is 0.736. The topological polar surface area (TPSA) is 72.2 Å². The van der Waals surface area contributed by atoms with Gasteiger partial charge in [-0.3, -0.25) is 4.79 Å². The Balaban J connectivity index is 2.29. The molecule has 4 nitrogen and oxygen atoms in total. The Labute approximate surface area is 85.1 Å². The number of carbonyl (C=O) groups excluding carboxylic acids is 2. The lowest BCUT2D eigenvalue weighted by molar-refractivity contribution is 0.0969. The first-order valence-electron chi connectivity index (χ1n) is 4.35. The third kappa shape index (κ3) is 1.50. The van der Waals surface area contributed by atoms with E-state index in [4.69, 9.17) is 5.73 Å². The summed E-state index contributed by atoms with van der Waals surface area (Å²) in [6.45, 7) is 0. The van der Waals surface area contributed by atoms with E-state index in [9.17, 15) is 9.59 Å². The van der Waals surface area contributed by atoms with Crippen molar-refractivity contribution in [2.45, 2.75) is 18.9 Å². The van der Waals surface area contributed by atoms with Crippen molar-refractivity contribution in [3.05, 3.63) is 21.9 Å². The molecule has 1 atom stereocenters. The number of carbonyl (C=O) groups is 2. The number of thiophene rings is 1. The monoisotopic (exact) mass is 210 g/mol. The number of nitrogens with two attached hydrogens (primary N) is 1. The summed E-state index contributed by atoms with van der Waals surface area (Å²) >= 11 is 1.42. The fourth-order valence-corrected chi connectivity index (χ4v) is 2.62. The zero-order valence-electron chi connectivity index (χ0n) is 7.45. The SMILES string of the molecule is NC(=O)N[C@H]1CCC(=O)c2sccc21. The molecule has 0 bridgehead atoms. The van der Waals surface area contributed by atoms with Gasteiger partial charge in [0.15, 0.2) is 5.78 Å². The molecule has 0 saturated heterocycles. The number of fused-ring (bicyclic) bond motifs is 1. The summed E-state index contributed by atoms with van der Waals surface area (Å²) in [6, 6.07) is 1.24. The molecule has 14 heavy (non-hydrogen) atoms. The van der Waals surface area contributed by atoms with Crippen LogP contribution in [0.1, 0.15) is 34.1 Å². The van der Waals surface area contributed by atoms with Gasteiger partial charge in [-0.15, -0.1) is 11.3 Å². The van der Waals surface area contributed by atoms with Crippen LogP contribution in [0, 0.1) is 0 Å². The lowest BCUT2D eigenvalue weighted by atomic mass is 9.93. The van der Waals surface area contributed by atoms with Gasteiger partial charge in [0.05, 0.1) is 10.9 Å². The molecule has 2 amide bonds. The van der Waals surface area contributed by atoms with Crippen LogP contribution in [0.3, 0.4) is 0 Å². The molecular weight excluding hydrogens is 200 g/mol. The Bertz CT molecular complexity index is 386. The van der Waals surface area contributed by atoms with Gasteiger partial charge >= 0.3 is 6.03 Å². The van der Waals surface area contributed by atoms with Crippen molar-refractivity contribution < 1.29 is 9.59 Å². The van der Waals surface area contributed by atoms with Crippen LogP contribution in [0.5, 0.6) is 0 Å². The molecule has 1 aliphatic rings. The van der Waals surface area contributed by atoms with Crippen molar-refractivity contribution in [2.24, 2.45) is 5.73 Å². The summed E-state index contributed by atoms with van der Waals surface area (Å²) < 4.78 is 0. The summed E-state index contributed by atoms with van der Waals surface area (Å²) in [4.78, 5) is 22.9. The Kier molecular flexibility index (Phi) is 2.25. The first kappa shape index (κ1) is 9.21. The normalized spacial score (nSPS) is 20.3. The maximum absolute atomic E-state index is 11.4. The van der Waals surface area contributed by atoms with Crippen molar-refractivity contribution in [1.82, 2.24) is 5.32 Å². The molecule has 0 spiro atoms. The van der Waals surface area contributed by atoms with Gasteiger partial charge in [0.25, 0.3) is 0 Å². The van der Waals surface area contributed by atoms with Gasteiger partial charge in [0, 0.05) is 6.42 Å². The van der Waals surface area contributed by atoms with Gasteiger partial charge in [-0.25, -0.2) is 4.79 Å². The number of hydrogen-bond donors (Lipinski definition) is 2. The van der Waals surface area contributed by atoms with Crippen LogP contribution >= 0.6 is 11.3 Å². The molecule has 74 valence electrons. The van der Waals surface area contributed by atoms with Crippen LogP contribution in [0.4, 0.5) is 4.79 Å². The highest BCUT2D eigenvalue weighted by Gasteiger charge is 2.27. The predicted octanol–water partition coefficient (Wildman–Crippen LogP) is 1.43. The van der Waals surface area contributed by atoms with E-state index in [-0.39, 0.29) is 11.8 Å². The summed E-state index contributed by atoms with van der Waals surface area (Å²) in [6.07, 6.45) is 1.13. The Morgan fingerprint density at radius 3 is 3.14 bits per heavy atom. The number of hydrogen-bond acceptors (Lipinski definition) is 3. The second-order valence-corrected chi connectivity index (χ2v) is 4.14. The van der Waals surface area contributed by atoms with Crippen LogP contribution in [0.25, 0.3) is 0 Å². The minimum atomic E-state index is -0.540. The Morgan fingerprint density at radius 1 is 1.64 bits per heavy atom. The fraction of sp³-hybridized carbons (Fsp3) is 0.333. The molecule has 0 fully saturated rings. The van der Waals surface area contributed by atoms with E-state index in [1.807, 2.05) is 11.4 Å². The van der Waals surface area contributed by atoms with E-state index >= 15 is 0 Å². The average molecular weight is 210 g/mol. The minimum absolute atomic E-state index is 0.0913. The zero-order valence-corrected chi connectivity index (χ0v) is 8.26. The van der Waals surface area contributed by atoms with Crippen molar-refractivity contribution in [1.29, 1.82) is 0 Å². The van der Waals surface area contributed by atoms with E-state index < -0.39 is 6.03 Å². The van der Waals surface area contributed by atoms with E-state index in [1.165, 1.54) is 11.3 Å². The van der Waals surface area contributed by atoms with Crippen molar-refractivity contribution in [3.8, 4) is 0 Å². The summed E-state index contributed by atoms with van der Waals surface area (Å²) in [7, 11) is 0. The smallest absolute Gasteiger partial charge is 0.312 e. The van der Waals surface area contributed by atoms with Gasteiger partial charge in [-0.05, 0) is 23.4 Å². The molecule has 0 saturated carbocycles. The number of primary amides is 1. The first-order chi connectivity index (χ1) is 6.68. The molecule has 1 heterocycles. The highest BCUT2D eigenvalue weighted by molar-refractivity contribution is 7.12. The fourth-order valence-electron chi connectivity index (χ4n) is 1.69. The van der Waals surface area contributed by atoms with Crippen LogP contribution in [0.15, 0.2) is 11.4 Å². The highest BCUT2D eigenvalue weighted by Crippen LogP contribution is 2.32. The maximum Gasteiger partial charge on any atom is 0.312 e. The summed E-state index contributed by atoms with van der Waals surface area (Å²) in [5.41, 5.74) is 5.96. The van der Waals surface area contributed by atoms with Gasteiger partial charge in [-0.2, -0.15) is 0 Å². The van der Waals surface area contributed by atoms with Crippen LogP contribution in [-0.2, 0) is 0 Å². The minimum Gasteiger partial charge on any atom is -0.352 e. The standard InChI is InChI=1S/C9H10N2O2S/c10-9(13)11-6-1-2-7(12)8-5(6)3-4-14-8/h3-4,6H,1-2H2,(H3,10,11,13)/t6-/m0/s1. The van der Waals surface area contributed by atoms with Crippen LogP contribution in [-0.4, -0.2) is 11.8 Å². The van der Waals surface area contributed by atoms with Crippen molar-refractivity contribution in [3.63, 3.8) is 0 Å². The van der Waals surface area contributed by atoms with E-state index in [0.29, 0.717) is 12.8 Å². The number of urea groups is 1. The molecule has 3 N–H and O–H groups in total. The van der Waals surface area contributed by atoms with Crippen LogP contribution in [0.2, 0.25) is 0 Å². The predicted molar refractivity (Wildman–Crippen MR) is 53.3 cm³/mol. The first-order valence-corrected chi connectivity index (χ1v) is 5.23. The molecule has 1 aromatic heterocycles. The van der Waals surface area contributed by atoms with Gasteiger partial charge in [0.1, 0.15) is 0 Å². The molecule has 2 rings (SSSR count). The second-order valence-electron chi connectivity index (χ2n) is 3.23. The molecule has 5 heteroatoms. The molecule has 0 unspecified atom stereocenters. The number of nitrogens with one attached hydrogen (secondary N) is 1. The zero-order chi connectivity index (χ0) is 10.1. The van der Waals surface area contributed by atoms with E-state index in [2.05, 4.69) is 5.32 Å². The molecule has 1 aliphatic carbocycles. The third-order valence-electron chi connectivity index (χ3n) is 2.30. The number of Topliss-reactive ketones (excluding diaryl/α,β-unsaturated/α-hetero) is 1. The second kappa shape index (κ2) is 3.42. The van der Waals surface area contributed by atoms with Gasteiger partial charge in [-0.1, -0.05) is 0 Å². The van der Waals surface area contributed by atoms with Crippen molar-refractivity contribution >= 4 is 23.2 Å². The van der Waals surface area contributed by atoms with Crippen molar-refractivity contribution in [2.75, 3.05) is 0 Å². The number of ketones is 1. The molecule has 1 aromatic rings. The lowest BCUT2D eigenvalue weighted by Gasteiger charge is -2.21. The number of amides is 2.